The molecule has 0 aliphatic carbocycles. The van der Waals surface area contributed by atoms with Crippen LogP contribution in [0, 0.1) is 11.8 Å². The number of hydrogen-bond donors (Lipinski definition) is 1. The molecular formula is C17H18N2OS. The SMILES string of the molecule is CN1CCN(Cc2sccc2C#CCO)c2ccccc21. The third-order valence-electron chi connectivity index (χ3n) is 3.72. The fraction of sp³-hybridized carbons (Fsp3) is 0.294. The van der Waals surface area contributed by atoms with E-state index in [2.05, 4.69) is 58.3 Å². The Morgan fingerprint density at radius 3 is 2.81 bits per heavy atom. The lowest BCUT2D eigenvalue weighted by Crippen LogP contribution is -2.38. The molecule has 0 saturated carbocycles. The van der Waals surface area contributed by atoms with Gasteiger partial charge < -0.3 is 14.9 Å². The van der Waals surface area contributed by atoms with E-state index in [4.69, 9.17) is 5.11 Å². The first-order chi connectivity index (χ1) is 10.3. The summed E-state index contributed by atoms with van der Waals surface area (Å²) in [6.07, 6.45) is 0. The normalized spacial score (nSPS) is 13.6. The molecule has 0 spiro atoms. The summed E-state index contributed by atoms with van der Waals surface area (Å²) in [5.74, 6) is 5.78. The topological polar surface area (TPSA) is 26.7 Å². The van der Waals surface area contributed by atoms with Crippen LogP contribution in [0.5, 0.6) is 0 Å². The van der Waals surface area contributed by atoms with Gasteiger partial charge >= 0.3 is 0 Å². The quantitative estimate of drug-likeness (QED) is 0.863. The minimum atomic E-state index is -0.0906. The predicted molar refractivity (Wildman–Crippen MR) is 89.0 cm³/mol. The van der Waals surface area contributed by atoms with Crippen LogP contribution in [0.1, 0.15) is 10.4 Å². The van der Waals surface area contributed by atoms with Crippen LogP contribution < -0.4 is 9.80 Å². The molecule has 0 amide bonds. The number of likely N-dealkylation sites (N-methyl/N-ethyl adjacent to an activating group) is 1. The van der Waals surface area contributed by atoms with Gasteiger partial charge in [0.15, 0.2) is 0 Å². The summed E-state index contributed by atoms with van der Waals surface area (Å²) in [5.41, 5.74) is 3.59. The zero-order valence-electron chi connectivity index (χ0n) is 12.0. The minimum Gasteiger partial charge on any atom is -0.384 e. The first-order valence-electron chi connectivity index (χ1n) is 7.01. The highest BCUT2D eigenvalue weighted by Crippen LogP contribution is 2.33. The first kappa shape index (κ1) is 14.0. The number of aliphatic hydroxyl groups is 1. The van der Waals surface area contributed by atoms with Crippen LogP contribution >= 0.6 is 11.3 Å². The maximum absolute atomic E-state index is 8.85. The van der Waals surface area contributed by atoms with Crippen molar-refractivity contribution in [2.75, 3.05) is 36.5 Å². The number of anilines is 2. The van der Waals surface area contributed by atoms with Gasteiger partial charge in [-0.15, -0.1) is 11.3 Å². The molecule has 1 aromatic carbocycles. The van der Waals surface area contributed by atoms with Gasteiger partial charge in [0.1, 0.15) is 6.61 Å². The predicted octanol–water partition coefficient (Wildman–Crippen LogP) is 2.55. The number of para-hydroxylation sites is 2. The van der Waals surface area contributed by atoms with E-state index < -0.39 is 0 Å². The molecule has 0 saturated heterocycles. The molecule has 0 fully saturated rings. The second kappa shape index (κ2) is 6.21. The van der Waals surface area contributed by atoms with E-state index in [0.29, 0.717) is 0 Å². The van der Waals surface area contributed by atoms with Gasteiger partial charge in [-0.1, -0.05) is 24.0 Å². The molecule has 21 heavy (non-hydrogen) atoms. The van der Waals surface area contributed by atoms with Crippen molar-refractivity contribution in [3.05, 3.63) is 46.2 Å². The van der Waals surface area contributed by atoms with Gasteiger partial charge in [0.2, 0.25) is 0 Å². The van der Waals surface area contributed by atoms with Crippen molar-refractivity contribution in [3.8, 4) is 11.8 Å². The molecule has 1 aliphatic heterocycles. The zero-order chi connectivity index (χ0) is 14.7. The van der Waals surface area contributed by atoms with Crippen LogP contribution in [0.4, 0.5) is 11.4 Å². The van der Waals surface area contributed by atoms with Gasteiger partial charge in [0.05, 0.1) is 17.9 Å². The van der Waals surface area contributed by atoms with Crippen molar-refractivity contribution in [2.45, 2.75) is 6.54 Å². The largest absolute Gasteiger partial charge is 0.384 e. The van der Waals surface area contributed by atoms with Gasteiger partial charge in [-0.3, -0.25) is 0 Å². The molecule has 3 nitrogen and oxygen atoms in total. The molecule has 4 heteroatoms. The van der Waals surface area contributed by atoms with Gasteiger partial charge in [-0.25, -0.2) is 0 Å². The third kappa shape index (κ3) is 2.90. The number of thiophene rings is 1. The van der Waals surface area contributed by atoms with E-state index in [9.17, 15) is 0 Å². The molecule has 3 rings (SSSR count). The Kier molecular flexibility index (Phi) is 4.14. The van der Waals surface area contributed by atoms with Crippen LogP contribution in [0.25, 0.3) is 0 Å². The fourth-order valence-electron chi connectivity index (χ4n) is 2.61. The summed E-state index contributed by atoms with van der Waals surface area (Å²) in [4.78, 5) is 5.97. The van der Waals surface area contributed by atoms with Crippen LogP contribution in [-0.4, -0.2) is 31.9 Å². The van der Waals surface area contributed by atoms with Crippen molar-refractivity contribution in [3.63, 3.8) is 0 Å². The molecule has 1 aliphatic rings. The highest BCUT2D eigenvalue weighted by atomic mass is 32.1. The lowest BCUT2D eigenvalue weighted by atomic mass is 10.1. The molecule has 0 bridgehead atoms. The smallest absolute Gasteiger partial charge is 0.104 e. The maximum Gasteiger partial charge on any atom is 0.104 e. The third-order valence-corrected chi connectivity index (χ3v) is 4.63. The van der Waals surface area contributed by atoms with E-state index >= 15 is 0 Å². The second-order valence-corrected chi connectivity index (χ2v) is 6.05. The Bertz CT molecular complexity index is 683. The van der Waals surface area contributed by atoms with E-state index in [1.54, 1.807) is 11.3 Å². The van der Waals surface area contributed by atoms with Crippen LogP contribution in [0.3, 0.4) is 0 Å². The summed E-state index contributed by atoms with van der Waals surface area (Å²) in [6.45, 7) is 2.82. The van der Waals surface area contributed by atoms with Crippen molar-refractivity contribution < 1.29 is 5.11 Å². The molecule has 0 radical (unpaired) electrons. The van der Waals surface area contributed by atoms with E-state index in [-0.39, 0.29) is 6.61 Å². The molecule has 108 valence electrons. The van der Waals surface area contributed by atoms with Gasteiger partial charge in [-0.2, -0.15) is 0 Å². The zero-order valence-corrected chi connectivity index (χ0v) is 12.9. The van der Waals surface area contributed by atoms with Gasteiger partial charge in [-0.05, 0) is 23.6 Å². The molecule has 2 aromatic rings. The Balaban J connectivity index is 1.87. The van der Waals surface area contributed by atoms with Crippen molar-refractivity contribution in [2.24, 2.45) is 0 Å². The molecule has 2 heterocycles. The van der Waals surface area contributed by atoms with E-state index in [0.717, 1.165) is 25.2 Å². The Morgan fingerprint density at radius 1 is 1.19 bits per heavy atom. The number of hydrogen-bond acceptors (Lipinski definition) is 4. The second-order valence-electron chi connectivity index (χ2n) is 5.05. The number of benzene rings is 1. The van der Waals surface area contributed by atoms with Gasteiger partial charge in [0.25, 0.3) is 0 Å². The van der Waals surface area contributed by atoms with E-state index in [1.165, 1.54) is 16.3 Å². The Hall–Kier alpha value is -1.96. The molecule has 0 unspecified atom stereocenters. The monoisotopic (exact) mass is 298 g/mol. The Labute approximate surface area is 129 Å². The lowest BCUT2D eigenvalue weighted by molar-refractivity contribution is 0.350. The minimum absolute atomic E-state index is 0.0906. The van der Waals surface area contributed by atoms with Crippen molar-refractivity contribution >= 4 is 22.7 Å². The average Bonchev–Trinajstić information content (AvgIpc) is 2.95. The summed E-state index contributed by atoms with van der Waals surface area (Å²) < 4.78 is 0. The number of aliphatic hydroxyl groups excluding tert-OH is 1. The van der Waals surface area contributed by atoms with Gasteiger partial charge in [0, 0.05) is 30.6 Å². The highest BCUT2D eigenvalue weighted by Gasteiger charge is 2.20. The standard InChI is InChI=1S/C17H18N2OS/c1-18-9-10-19(16-7-3-2-6-15(16)18)13-17-14(5-4-11-20)8-12-21-17/h2-3,6-8,12,20H,9-11,13H2,1H3. The molecule has 1 N–H and O–H groups in total. The van der Waals surface area contributed by atoms with Crippen LogP contribution in [0.15, 0.2) is 35.7 Å². The summed E-state index contributed by atoms with van der Waals surface area (Å²) in [5, 5.41) is 10.9. The number of fused-ring (bicyclic) bond motifs is 1. The van der Waals surface area contributed by atoms with Crippen LogP contribution in [0.2, 0.25) is 0 Å². The number of rotatable bonds is 2. The molecule has 0 atom stereocenters. The number of nitrogens with zero attached hydrogens (tertiary/aromatic N) is 2. The lowest BCUT2D eigenvalue weighted by Gasteiger charge is -2.36. The summed E-state index contributed by atoms with van der Waals surface area (Å²) in [7, 11) is 2.14. The Morgan fingerprint density at radius 2 is 2.00 bits per heavy atom. The van der Waals surface area contributed by atoms with Crippen molar-refractivity contribution in [1.29, 1.82) is 0 Å². The summed E-state index contributed by atoms with van der Waals surface area (Å²) >= 11 is 1.73. The van der Waals surface area contributed by atoms with E-state index in [1.807, 2.05) is 6.07 Å². The fourth-order valence-corrected chi connectivity index (χ4v) is 3.46. The summed E-state index contributed by atoms with van der Waals surface area (Å²) in [6, 6.07) is 10.6. The molecule has 1 aromatic heterocycles. The van der Waals surface area contributed by atoms with Crippen molar-refractivity contribution in [1.82, 2.24) is 0 Å². The van der Waals surface area contributed by atoms with Crippen LogP contribution in [-0.2, 0) is 6.54 Å². The first-order valence-corrected chi connectivity index (χ1v) is 7.89. The highest BCUT2D eigenvalue weighted by molar-refractivity contribution is 7.10. The molecular weight excluding hydrogens is 280 g/mol. The maximum atomic E-state index is 8.85. The average molecular weight is 298 g/mol.